The van der Waals surface area contributed by atoms with E-state index in [1.165, 1.54) is 86.9 Å². The molecule has 0 fully saturated rings. The Morgan fingerprint density at radius 1 is 0.242 bits per heavy atom. The Balaban J connectivity index is 1.00. The van der Waals surface area contributed by atoms with Crippen molar-refractivity contribution in [3.63, 3.8) is 0 Å². The molecule has 0 unspecified atom stereocenters. The van der Waals surface area contributed by atoms with Crippen LogP contribution in [-0.2, 0) is 0 Å². The molecule has 0 bridgehead atoms. The zero-order valence-electron chi connectivity index (χ0n) is 33.7. The topological polar surface area (TPSA) is 25.8 Å². The smallest absolute Gasteiger partial charge is 0.161 e. The van der Waals surface area contributed by atoms with Crippen molar-refractivity contribution in [3.8, 4) is 44.9 Å². The predicted octanol–water partition coefficient (Wildman–Crippen LogP) is 16.4. The predicted molar refractivity (Wildman–Crippen MR) is 264 cm³/mol. The Morgan fingerprint density at radius 2 is 0.710 bits per heavy atom. The second kappa shape index (κ2) is 13.7. The van der Waals surface area contributed by atoms with Crippen molar-refractivity contribution in [2.45, 2.75) is 0 Å². The van der Waals surface area contributed by atoms with Gasteiger partial charge in [0.1, 0.15) is 0 Å². The number of rotatable bonds is 4. The highest BCUT2D eigenvalue weighted by molar-refractivity contribution is 6.33. The Hall–Kier alpha value is -8.20. The van der Waals surface area contributed by atoms with Gasteiger partial charge in [-0.15, -0.1) is 0 Å². The Morgan fingerprint density at radius 3 is 1.34 bits per heavy atom. The number of para-hydroxylation sites is 1. The van der Waals surface area contributed by atoms with Crippen LogP contribution in [0, 0.1) is 0 Å². The molecule has 0 radical (unpaired) electrons. The molecule has 0 N–H and O–H groups in total. The van der Waals surface area contributed by atoms with Gasteiger partial charge in [0.05, 0.1) is 11.2 Å². The first-order chi connectivity index (χ1) is 30.8. The third kappa shape index (κ3) is 5.23. The fraction of sp³-hybridized carbons (Fsp3) is 0. The standard InChI is InChI=1S/C60H36N2/c1-2-14-41(15-3-1)59-52-24-10-11-27-54(52)61-60(62-59)58-50-22-8-6-20-48(50)55(49-21-7-9-23-51(49)58)40-30-28-37(29-31-40)42-34-35-45-47-26-13-17-39-33-32-38-16-12-25-46(56(38)57(39)47)43-18-4-5-19-44(43)53(45)36-42/h1-36H. The van der Waals surface area contributed by atoms with Gasteiger partial charge in [-0.3, -0.25) is 0 Å². The highest BCUT2D eigenvalue weighted by atomic mass is 14.9. The number of aromatic nitrogens is 2. The summed E-state index contributed by atoms with van der Waals surface area (Å²) in [6, 6.07) is 79.5. The largest absolute Gasteiger partial charge is 0.228 e. The Kier molecular flexibility index (Phi) is 7.64. The van der Waals surface area contributed by atoms with Gasteiger partial charge in [-0.05, 0) is 110 Å². The maximum atomic E-state index is 5.37. The maximum absolute atomic E-state index is 5.37. The van der Waals surface area contributed by atoms with E-state index in [0.717, 1.165) is 44.3 Å². The fourth-order valence-electron chi connectivity index (χ4n) is 10.3. The summed E-state index contributed by atoms with van der Waals surface area (Å²) in [4.78, 5) is 10.6. The van der Waals surface area contributed by atoms with Gasteiger partial charge in [0.25, 0.3) is 0 Å². The molecule has 0 spiro atoms. The van der Waals surface area contributed by atoms with Crippen LogP contribution in [0.25, 0.3) is 131 Å². The molecular formula is C60H36N2. The SMILES string of the molecule is c1ccc(-c2nc(-c3c4ccccc4c(-c4ccc(-c5ccc6c(c5)c5ccccc5c5cccc7ccc8cccc6c8c75)cc4)c4ccccc34)nc3ccccc23)cc1. The second-order valence-electron chi connectivity index (χ2n) is 16.4. The van der Waals surface area contributed by atoms with Crippen LogP contribution in [-0.4, -0.2) is 9.97 Å². The molecule has 286 valence electrons. The third-order valence-corrected chi connectivity index (χ3v) is 13.0. The number of nitrogens with zero attached hydrogens (tertiary/aromatic N) is 2. The molecule has 2 heteroatoms. The molecule has 2 nitrogen and oxygen atoms in total. The van der Waals surface area contributed by atoms with Gasteiger partial charge in [-0.2, -0.15) is 0 Å². The summed E-state index contributed by atoms with van der Waals surface area (Å²) < 4.78 is 0. The minimum atomic E-state index is 0.730. The minimum absolute atomic E-state index is 0.730. The first-order valence-corrected chi connectivity index (χ1v) is 21.3. The molecule has 0 saturated heterocycles. The lowest BCUT2D eigenvalue weighted by Gasteiger charge is -2.18. The highest BCUT2D eigenvalue weighted by Gasteiger charge is 2.20. The molecule has 12 aromatic carbocycles. The lowest BCUT2D eigenvalue weighted by atomic mass is 9.87. The quantitative estimate of drug-likeness (QED) is 0.131. The molecule has 1 heterocycles. The Bertz CT molecular complexity index is 3900. The number of hydrogen-bond acceptors (Lipinski definition) is 2. The molecule has 0 aliphatic heterocycles. The Labute approximate surface area is 358 Å². The maximum Gasteiger partial charge on any atom is 0.161 e. The van der Waals surface area contributed by atoms with Crippen molar-refractivity contribution in [1.29, 1.82) is 0 Å². The molecule has 62 heavy (non-hydrogen) atoms. The first kappa shape index (κ1) is 34.6. The van der Waals surface area contributed by atoms with E-state index in [9.17, 15) is 0 Å². The summed E-state index contributed by atoms with van der Waals surface area (Å²) in [5.74, 6) is 0.730. The van der Waals surface area contributed by atoms with Crippen LogP contribution in [0.5, 0.6) is 0 Å². The molecule has 1 aromatic heterocycles. The summed E-state index contributed by atoms with van der Waals surface area (Å²) >= 11 is 0. The monoisotopic (exact) mass is 784 g/mol. The van der Waals surface area contributed by atoms with E-state index in [1.54, 1.807) is 0 Å². The average Bonchev–Trinajstić information content (AvgIpc) is 3.34. The van der Waals surface area contributed by atoms with E-state index in [4.69, 9.17) is 9.97 Å². The molecule has 0 saturated carbocycles. The highest BCUT2D eigenvalue weighted by Crippen LogP contribution is 2.45. The second-order valence-corrected chi connectivity index (χ2v) is 16.4. The van der Waals surface area contributed by atoms with Gasteiger partial charge < -0.3 is 0 Å². The normalized spacial score (nSPS) is 11.9. The van der Waals surface area contributed by atoms with E-state index in [0.29, 0.717) is 0 Å². The summed E-state index contributed by atoms with van der Waals surface area (Å²) in [6.07, 6.45) is 0. The van der Waals surface area contributed by atoms with E-state index >= 15 is 0 Å². The molecule has 0 amide bonds. The fourth-order valence-corrected chi connectivity index (χ4v) is 10.3. The molecule has 0 aliphatic carbocycles. The van der Waals surface area contributed by atoms with Crippen LogP contribution in [0.2, 0.25) is 0 Å². The van der Waals surface area contributed by atoms with Gasteiger partial charge in [0, 0.05) is 16.5 Å². The van der Waals surface area contributed by atoms with Crippen LogP contribution in [0.4, 0.5) is 0 Å². The molecule has 0 atom stereocenters. The van der Waals surface area contributed by atoms with Crippen molar-refractivity contribution < 1.29 is 0 Å². The van der Waals surface area contributed by atoms with Crippen molar-refractivity contribution >= 4 is 86.3 Å². The average molecular weight is 785 g/mol. The number of fused-ring (bicyclic) bond motifs is 8. The van der Waals surface area contributed by atoms with Crippen LogP contribution in [0.15, 0.2) is 218 Å². The van der Waals surface area contributed by atoms with Crippen molar-refractivity contribution in [1.82, 2.24) is 9.97 Å². The third-order valence-electron chi connectivity index (χ3n) is 13.0. The van der Waals surface area contributed by atoms with Crippen LogP contribution in [0.3, 0.4) is 0 Å². The van der Waals surface area contributed by atoms with E-state index in [1.807, 2.05) is 6.07 Å². The van der Waals surface area contributed by atoms with Crippen molar-refractivity contribution in [2.24, 2.45) is 0 Å². The zero-order valence-corrected chi connectivity index (χ0v) is 33.7. The zero-order chi connectivity index (χ0) is 40.7. The summed E-state index contributed by atoms with van der Waals surface area (Å²) in [7, 11) is 0. The van der Waals surface area contributed by atoms with Gasteiger partial charge in [0.15, 0.2) is 5.82 Å². The first-order valence-electron chi connectivity index (χ1n) is 21.3. The number of benzene rings is 11. The van der Waals surface area contributed by atoms with Crippen LogP contribution in [0.1, 0.15) is 0 Å². The van der Waals surface area contributed by atoms with E-state index < -0.39 is 0 Å². The molecular weight excluding hydrogens is 749 g/mol. The molecule has 13 rings (SSSR count). The van der Waals surface area contributed by atoms with E-state index in [2.05, 4.69) is 212 Å². The summed E-state index contributed by atoms with van der Waals surface area (Å²) in [5, 5.41) is 18.4. The number of hydrogen-bond donors (Lipinski definition) is 0. The van der Waals surface area contributed by atoms with Crippen LogP contribution >= 0.6 is 0 Å². The minimum Gasteiger partial charge on any atom is -0.228 e. The molecule has 13 aromatic rings. The lowest BCUT2D eigenvalue weighted by Crippen LogP contribution is -1.98. The summed E-state index contributed by atoms with van der Waals surface area (Å²) in [5.41, 5.74) is 8.75. The van der Waals surface area contributed by atoms with Gasteiger partial charge in [-0.25, -0.2) is 9.97 Å². The van der Waals surface area contributed by atoms with Gasteiger partial charge in [-0.1, -0.05) is 206 Å². The molecule has 0 aliphatic rings. The lowest BCUT2D eigenvalue weighted by molar-refractivity contribution is 1.24. The summed E-state index contributed by atoms with van der Waals surface area (Å²) in [6.45, 7) is 0. The van der Waals surface area contributed by atoms with Crippen molar-refractivity contribution in [2.75, 3.05) is 0 Å². The van der Waals surface area contributed by atoms with Gasteiger partial charge in [0.2, 0.25) is 0 Å². The van der Waals surface area contributed by atoms with Crippen LogP contribution < -0.4 is 0 Å². The van der Waals surface area contributed by atoms with E-state index in [-0.39, 0.29) is 0 Å². The van der Waals surface area contributed by atoms with Crippen molar-refractivity contribution in [3.05, 3.63) is 218 Å². The van der Waals surface area contributed by atoms with Gasteiger partial charge >= 0.3 is 0 Å².